The maximum Gasteiger partial charge on any atom is 0.239 e. The fourth-order valence-corrected chi connectivity index (χ4v) is 3.02. The first-order valence-corrected chi connectivity index (χ1v) is 8.85. The van der Waals surface area contributed by atoms with Crippen molar-refractivity contribution in [1.29, 1.82) is 0 Å². The van der Waals surface area contributed by atoms with Crippen molar-refractivity contribution in [1.82, 2.24) is 16.0 Å². The molecular formula is C18H25IN4OS. The molecule has 7 heteroatoms. The second-order valence-electron chi connectivity index (χ2n) is 5.26. The first-order valence-electron chi connectivity index (χ1n) is 8.04. The number of hydrogen-bond acceptors (Lipinski definition) is 3. The van der Waals surface area contributed by atoms with Gasteiger partial charge in [-0.25, -0.2) is 0 Å². The molecule has 0 aliphatic heterocycles. The molecule has 5 nitrogen and oxygen atoms in total. The lowest BCUT2D eigenvalue weighted by atomic mass is 10.2. The summed E-state index contributed by atoms with van der Waals surface area (Å²) < 4.78 is 0. The lowest BCUT2D eigenvalue weighted by Crippen LogP contribution is -2.42. The third kappa shape index (κ3) is 7.87. The summed E-state index contributed by atoms with van der Waals surface area (Å²) in [4.78, 5) is 18.7. The minimum atomic E-state index is -0.0637. The monoisotopic (exact) mass is 472 g/mol. The average molecular weight is 472 g/mol. The topological polar surface area (TPSA) is 65.5 Å². The Balaban J connectivity index is 0.00000312. The number of thiophene rings is 1. The molecule has 0 bridgehead atoms. The SMILES string of the molecule is CCc1ccc(CNC(=NC)NCC(=O)NCc2ccccc2)s1.I. The number of aliphatic imine (C=N–C) groups is 1. The van der Waals surface area contributed by atoms with Gasteiger partial charge in [-0.15, -0.1) is 35.3 Å². The lowest BCUT2D eigenvalue weighted by Gasteiger charge is -2.11. The van der Waals surface area contributed by atoms with Crippen LogP contribution in [0.3, 0.4) is 0 Å². The molecule has 1 aromatic heterocycles. The summed E-state index contributed by atoms with van der Waals surface area (Å²) in [6, 6.07) is 14.1. The largest absolute Gasteiger partial charge is 0.352 e. The van der Waals surface area contributed by atoms with Gasteiger partial charge in [0, 0.05) is 23.3 Å². The van der Waals surface area contributed by atoms with Gasteiger partial charge in [0.15, 0.2) is 5.96 Å². The zero-order chi connectivity index (χ0) is 17.2. The number of benzene rings is 1. The number of guanidine groups is 1. The van der Waals surface area contributed by atoms with Crippen molar-refractivity contribution >= 4 is 47.2 Å². The Hall–Kier alpha value is -1.61. The van der Waals surface area contributed by atoms with E-state index in [0.717, 1.165) is 12.0 Å². The number of amides is 1. The van der Waals surface area contributed by atoms with Gasteiger partial charge in [-0.1, -0.05) is 37.3 Å². The second kappa shape index (κ2) is 11.9. The fourth-order valence-electron chi connectivity index (χ4n) is 2.12. The van der Waals surface area contributed by atoms with Crippen LogP contribution in [0.1, 0.15) is 22.2 Å². The van der Waals surface area contributed by atoms with Gasteiger partial charge in [0.25, 0.3) is 0 Å². The van der Waals surface area contributed by atoms with E-state index in [-0.39, 0.29) is 36.4 Å². The molecule has 0 atom stereocenters. The number of carbonyl (C=O) groups excluding carboxylic acids is 1. The zero-order valence-corrected chi connectivity index (χ0v) is 17.7. The van der Waals surface area contributed by atoms with Gasteiger partial charge in [0.05, 0.1) is 13.1 Å². The van der Waals surface area contributed by atoms with Gasteiger partial charge in [-0.3, -0.25) is 9.79 Å². The lowest BCUT2D eigenvalue weighted by molar-refractivity contribution is -0.120. The summed E-state index contributed by atoms with van der Waals surface area (Å²) in [5, 5.41) is 9.13. The van der Waals surface area contributed by atoms with E-state index in [0.29, 0.717) is 19.0 Å². The van der Waals surface area contributed by atoms with E-state index in [1.165, 1.54) is 9.75 Å². The number of rotatable bonds is 7. The van der Waals surface area contributed by atoms with Crippen LogP contribution in [-0.4, -0.2) is 25.5 Å². The molecule has 0 spiro atoms. The van der Waals surface area contributed by atoms with Crippen molar-refractivity contribution in [3.8, 4) is 0 Å². The van der Waals surface area contributed by atoms with Crippen molar-refractivity contribution in [2.24, 2.45) is 4.99 Å². The number of nitrogens with zero attached hydrogens (tertiary/aromatic N) is 1. The standard InChI is InChI=1S/C18H24N4OS.HI/c1-3-15-9-10-16(24-15)12-21-18(19-2)22-13-17(23)20-11-14-7-5-4-6-8-14;/h4-10H,3,11-13H2,1-2H3,(H,20,23)(H2,19,21,22);1H. The van der Waals surface area contributed by atoms with Gasteiger partial charge in [-0.2, -0.15) is 0 Å². The fraction of sp³-hybridized carbons (Fsp3) is 0.333. The van der Waals surface area contributed by atoms with E-state index in [1.807, 2.05) is 30.3 Å². The highest BCUT2D eigenvalue weighted by Crippen LogP contribution is 2.16. The summed E-state index contributed by atoms with van der Waals surface area (Å²) in [6.45, 7) is 3.58. The van der Waals surface area contributed by atoms with Crippen LogP contribution >= 0.6 is 35.3 Å². The highest BCUT2D eigenvalue weighted by Gasteiger charge is 2.04. The van der Waals surface area contributed by atoms with Crippen LogP contribution in [0.5, 0.6) is 0 Å². The third-order valence-corrected chi connectivity index (χ3v) is 4.70. The Labute approximate surface area is 170 Å². The molecule has 0 aliphatic carbocycles. The predicted octanol–water partition coefficient (Wildman–Crippen LogP) is 2.91. The first-order chi connectivity index (χ1) is 11.7. The van der Waals surface area contributed by atoms with E-state index >= 15 is 0 Å². The average Bonchev–Trinajstić information content (AvgIpc) is 3.09. The van der Waals surface area contributed by atoms with Crippen LogP contribution in [0, 0.1) is 0 Å². The Morgan fingerprint density at radius 1 is 1.00 bits per heavy atom. The van der Waals surface area contributed by atoms with Crippen LogP contribution in [0.25, 0.3) is 0 Å². The van der Waals surface area contributed by atoms with Crippen molar-refractivity contribution in [3.63, 3.8) is 0 Å². The summed E-state index contributed by atoms with van der Waals surface area (Å²) >= 11 is 1.79. The normalized spacial score (nSPS) is 10.7. The molecule has 0 fully saturated rings. The summed E-state index contributed by atoms with van der Waals surface area (Å²) in [6.07, 6.45) is 1.05. The molecule has 2 aromatic rings. The maximum absolute atomic E-state index is 11.9. The molecule has 1 heterocycles. The van der Waals surface area contributed by atoms with Gasteiger partial charge >= 0.3 is 0 Å². The highest BCUT2D eigenvalue weighted by molar-refractivity contribution is 14.0. The number of nitrogens with one attached hydrogen (secondary N) is 3. The number of hydrogen-bond donors (Lipinski definition) is 3. The molecule has 136 valence electrons. The van der Waals surface area contributed by atoms with Crippen molar-refractivity contribution < 1.29 is 4.79 Å². The molecule has 1 amide bonds. The van der Waals surface area contributed by atoms with E-state index < -0.39 is 0 Å². The molecule has 0 saturated heterocycles. The summed E-state index contributed by atoms with van der Waals surface area (Å²) in [5.74, 6) is 0.558. The quantitative estimate of drug-likeness (QED) is 0.330. The second-order valence-corrected chi connectivity index (χ2v) is 6.52. The van der Waals surface area contributed by atoms with Gasteiger partial charge in [0.1, 0.15) is 0 Å². The van der Waals surface area contributed by atoms with Crippen molar-refractivity contribution in [2.45, 2.75) is 26.4 Å². The van der Waals surface area contributed by atoms with Crippen molar-refractivity contribution in [3.05, 3.63) is 57.8 Å². The van der Waals surface area contributed by atoms with E-state index in [4.69, 9.17) is 0 Å². The van der Waals surface area contributed by atoms with Crippen LogP contribution in [0.4, 0.5) is 0 Å². The molecule has 0 unspecified atom stereocenters. The Morgan fingerprint density at radius 3 is 2.36 bits per heavy atom. The van der Waals surface area contributed by atoms with E-state index in [9.17, 15) is 4.79 Å². The summed E-state index contributed by atoms with van der Waals surface area (Å²) in [7, 11) is 1.70. The van der Waals surface area contributed by atoms with Crippen LogP contribution in [0.15, 0.2) is 47.5 Å². The van der Waals surface area contributed by atoms with Crippen LogP contribution in [0.2, 0.25) is 0 Å². The van der Waals surface area contributed by atoms with Gasteiger partial charge in [-0.05, 0) is 24.1 Å². The van der Waals surface area contributed by atoms with Crippen LogP contribution in [-0.2, 0) is 24.3 Å². The Morgan fingerprint density at radius 2 is 1.72 bits per heavy atom. The summed E-state index contributed by atoms with van der Waals surface area (Å²) in [5.41, 5.74) is 1.08. The third-order valence-electron chi connectivity index (χ3n) is 3.47. The number of aryl methyl sites for hydroxylation is 1. The number of halogens is 1. The molecule has 3 N–H and O–H groups in total. The van der Waals surface area contributed by atoms with Crippen LogP contribution < -0.4 is 16.0 Å². The smallest absolute Gasteiger partial charge is 0.239 e. The molecule has 2 rings (SSSR count). The molecule has 0 radical (unpaired) electrons. The highest BCUT2D eigenvalue weighted by atomic mass is 127. The maximum atomic E-state index is 11.9. The molecule has 0 saturated carbocycles. The molecule has 25 heavy (non-hydrogen) atoms. The minimum absolute atomic E-state index is 0. The van der Waals surface area contributed by atoms with E-state index in [2.05, 4.69) is 40.0 Å². The number of carbonyl (C=O) groups is 1. The molecule has 0 aliphatic rings. The zero-order valence-electron chi connectivity index (χ0n) is 14.5. The molecular weight excluding hydrogens is 447 g/mol. The Bertz CT molecular complexity index is 673. The van der Waals surface area contributed by atoms with Crippen molar-refractivity contribution in [2.75, 3.05) is 13.6 Å². The van der Waals surface area contributed by atoms with E-state index in [1.54, 1.807) is 18.4 Å². The minimum Gasteiger partial charge on any atom is -0.352 e. The van der Waals surface area contributed by atoms with Gasteiger partial charge in [0.2, 0.25) is 5.91 Å². The Kier molecular flexibility index (Phi) is 10.2. The van der Waals surface area contributed by atoms with Gasteiger partial charge < -0.3 is 16.0 Å². The first kappa shape index (κ1) is 21.4. The predicted molar refractivity (Wildman–Crippen MR) is 116 cm³/mol. The molecule has 1 aromatic carbocycles.